The third-order valence-corrected chi connectivity index (χ3v) is 3.14. The number of nitrogens with one attached hydrogen (secondary N) is 2. The van der Waals surface area contributed by atoms with Gasteiger partial charge in [-0.25, -0.2) is 0 Å². The fourth-order valence-electron chi connectivity index (χ4n) is 2.05. The molecule has 0 atom stereocenters. The molecule has 4 heteroatoms. The molecule has 2 heterocycles. The maximum absolute atomic E-state index is 11.9. The van der Waals surface area contributed by atoms with Crippen molar-refractivity contribution in [2.45, 2.75) is 19.8 Å². The van der Waals surface area contributed by atoms with Gasteiger partial charge in [0.1, 0.15) is 0 Å². The summed E-state index contributed by atoms with van der Waals surface area (Å²) in [7, 11) is 0. The first kappa shape index (κ1) is 12.8. The molecule has 0 radical (unpaired) electrons. The summed E-state index contributed by atoms with van der Waals surface area (Å²) in [6.45, 7) is 4.54. The van der Waals surface area contributed by atoms with Gasteiger partial charge in [-0.3, -0.25) is 9.78 Å². The third-order valence-electron chi connectivity index (χ3n) is 3.14. The van der Waals surface area contributed by atoms with Crippen molar-refractivity contribution in [1.29, 1.82) is 0 Å². The Labute approximate surface area is 108 Å². The highest BCUT2D eigenvalue weighted by molar-refractivity contribution is 5.95. The number of amides is 1. The van der Waals surface area contributed by atoms with Gasteiger partial charge in [-0.2, -0.15) is 0 Å². The van der Waals surface area contributed by atoms with Gasteiger partial charge in [-0.15, -0.1) is 0 Å². The summed E-state index contributed by atoms with van der Waals surface area (Å²) in [4.78, 5) is 16.0. The molecule has 2 rings (SSSR count). The molecule has 1 aromatic heterocycles. The van der Waals surface area contributed by atoms with E-state index in [1.807, 2.05) is 13.0 Å². The van der Waals surface area contributed by atoms with Crippen LogP contribution in [0.25, 0.3) is 0 Å². The van der Waals surface area contributed by atoms with Crippen molar-refractivity contribution in [2.24, 2.45) is 0 Å². The van der Waals surface area contributed by atoms with Crippen molar-refractivity contribution in [1.82, 2.24) is 15.6 Å². The van der Waals surface area contributed by atoms with Crippen LogP contribution in [-0.2, 0) is 0 Å². The van der Waals surface area contributed by atoms with E-state index in [9.17, 15) is 4.79 Å². The normalized spacial score (nSPS) is 15.1. The Kier molecular flexibility index (Phi) is 4.47. The van der Waals surface area contributed by atoms with Gasteiger partial charge in [0.25, 0.3) is 5.91 Å². The van der Waals surface area contributed by atoms with Gasteiger partial charge in [-0.1, -0.05) is 11.6 Å². The van der Waals surface area contributed by atoms with E-state index in [4.69, 9.17) is 0 Å². The fourth-order valence-corrected chi connectivity index (χ4v) is 2.05. The molecule has 18 heavy (non-hydrogen) atoms. The fraction of sp³-hybridized carbons (Fsp3) is 0.429. The van der Waals surface area contributed by atoms with Gasteiger partial charge in [0.2, 0.25) is 0 Å². The molecule has 0 spiro atoms. The zero-order chi connectivity index (χ0) is 12.8. The number of nitrogens with zero attached hydrogens (tertiary/aromatic N) is 1. The molecule has 1 aliphatic rings. The summed E-state index contributed by atoms with van der Waals surface area (Å²) < 4.78 is 0. The Morgan fingerprint density at radius 2 is 2.44 bits per heavy atom. The van der Waals surface area contributed by atoms with Gasteiger partial charge in [0, 0.05) is 25.0 Å². The minimum atomic E-state index is -0.0323. The smallest absolute Gasteiger partial charge is 0.253 e. The van der Waals surface area contributed by atoms with E-state index in [2.05, 4.69) is 21.7 Å². The van der Waals surface area contributed by atoms with Crippen LogP contribution < -0.4 is 10.6 Å². The zero-order valence-electron chi connectivity index (χ0n) is 10.7. The van der Waals surface area contributed by atoms with Crippen molar-refractivity contribution >= 4 is 5.91 Å². The Hall–Kier alpha value is -1.68. The number of pyridine rings is 1. The molecule has 4 nitrogen and oxygen atoms in total. The second-order valence-corrected chi connectivity index (χ2v) is 4.46. The number of carbonyl (C=O) groups excluding carboxylic acids is 1. The predicted molar refractivity (Wildman–Crippen MR) is 71.5 cm³/mol. The van der Waals surface area contributed by atoms with Crippen molar-refractivity contribution in [3.05, 3.63) is 41.2 Å². The van der Waals surface area contributed by atoms with E-state index in [0.717, 1.165) is 31.6 Å². The molecular formula is C14H19N3O. The highest BCUT2D eigenvalue weighted by Crippen LogP contribution is 2.08. The highest BCUT2D eigenvalue weighted by Gasteiger charge is 2.09. The Morgan fingerprint density at radius 3 is 3.17 bits per heavy atom. The molecular weight excluding hydrogens is 226 g/mol. The average Bonchev–Trinajstić information content (AvgIpc) is 2.40. The zero-order valence-corrected chi connectivity index (χ0v) is 10.7. The lowest BCUT2D eigenvalue weighted by molar-refractivity contribution is 0.0953. The van der Waals surface area contributed by atoms with Crippen LogP contribution in [0.5, 0.6) is 0 Å². The van der Waals surface area contributed by atoms with Gasteiger partial charge >= 0.3 is 0 Å². The number of aromatic nitrogens is 1. The van der Waals surface area contributed by atoms with E-state index in [1.54, 1.807) is 12.3 Å². The number of carbonyl (C=O) groups is 1. The molecule has 0 fully saturated rings. The van der Waals surface area contributed by atoms with E-state index in [1.165, 1.54) is 5.57 Å². The van der Waals surface area contributed by atoms with Gasteiger partial charge in [0.15, 0.2) is 0 Å². The Balaban J connectivity index is 1.82. The summed E-state index contributed by atoms with van der Waals surface area (Å²) in [6, 6.07) is 3.60. The summed E-state index contributed by atoms with van der Waals surface area (Å²) in [5.74, 6) is -0.0323. The van der Waals surface area contributed by atoms with E-state index in [-0.39, 0.29) is 5.91 Å². The Bertz CT molecular complexity index is 454. The van der Waals surface area contributed by atoms with Crippen LogP contribution in [0.2, 0.25) is 0 Å². The predicted octanol–water partition coefficient (Wildman–Crippen LogP) is 1.43. The van der Waals surface area contributed by atoms with Crippen LogP contribution >= 0.6 is 0 Å². The highest BCUT2D eigenvalue weighted by atomic mass is 16.1. The second kappa shape index (κ2) is 6.31. The van der Waals surface area contributed by atoms with Gasteiger partial charge in [-0.05, 0) is 38.4 Å². The van der Waals surface area contributed by atoms with Gasteiger partial charge in [0.05, 0.1) is 5.56 Å². The quantitative estimate of drug-likeness (QED) is 0.789. The molecule has 0 bridgehead atoms. The molecule has 1 aliphatic heterocycles. The van der Waals surface area contributed by atoms with E-state index in [0.29, 0.717) is 12.1 Å². The lowest BCUT2D eigenvalue weighted by atomic mass is 10.1. The lowest BCUT2D eigenvalue weighted by Gasteiger charge is -2.14. The van der Waals surface area contributed by atoms with Crippen LogP contribution in [0.1, 0.15) is 28.9 Å². The molecule has 1 amide bonds. The number of rotatable bonds is 4. The van der Waals surface area contributed by atoms with Crippen molar-refractivity contribution in [3.8, 4) is 0 Å². The van der Waals surface area contributed by atoms with Crippen molar-refractivity contribution in [3.63, 3.8) is 0 Å². The first-order valence-electron chi connectivity index (χ1n) is 6.36. The molecule has 0 aliphatic carbocycles. The average molecular weight is 245 g/mol. The molecule has 0 saturated heterocycles. The summed E-state index contributed by atoms with van der Waals surface area (Å²) in [5.41, 5.74) is 2.87. The number of aryl methyl sites for hydroxylation is 1. The van der Waals surface area contributed by atoms with Crippen molar-refractivity contribution in [2.75, 3.05) is 19.6 Å². The minimum absolute atomic E-state index is 0.0323. The van der Waals surface area contributed by atoms with Crippen molar-refractivity contribution < 1.29 is 4.79 Å². The minimum Gasteiger partial charge on any atom is -0.352 e. The summed E-state index contributed by atoms with van der Waals surface area (Å²) in [6.07, 6.45) is 5.94. The largest absolute Gasteiger partial charge is 0.352 e. The standard InChI is InChI=1S/C14H19N3O/c1-11-13(3-2-7-16-11)14(18)17-10-6-12-4-8-15-9-5-12/h2-4,7,15H,5-6,8-10H2,1H3,(H,17,18). The van der Waals surface area contributed by atoms with Crippen LogP contribution in [0, 0.1) is 6.92 Å². The first-order valence-corrected chi connectivity index (χ1v) is 6.36. The SMILES string of the molecule is Cc1ncccc1C(=O)NCCC1=CCNCC1. The summed E-state index contributed by atoms with van der Waals surface area (Å²) >= 11 is 0. The monoisotopic (exact) mass is 245 g/mol. The molecule has 0 aromatic carbocycles. The molecule has 96 valence electrons. The van der Waals surface area contributed by atoms with Crippen LogP contribution in [0.3, 0.4) is 0 Å². The molecule has 0 saturated carbocycles. The van der Waals surface area contributed by atoms with Crippen LogP contribution in [-0.4, -0.2) is 30.5 Å². The third kappa shape index (κ3) is 3.40. The summed E-state index contributed by atoms with van der Waals surface area (Å²) in [5, 5.41) is 6.22. The molecule has 1 aromatic rings. The maximum Gasteiger partial charge on any atom is 0.253 e. The number of hydrogen-bond acceptors (Lipinski definition) is 3. The van der Waals surface area contributed by atoms with Crippen LogP contribution in [0.15, 0.2) is 30.0 Å². The Morgan fingerprint density at radius 1 is 1.56 bits per heavy atom. The van der Waals surface area contributed by atoms with Crippen LogP contribution in [0.4, 0.5) is 0 Å². The van der Waals surface area contributed by atoms with E-state index < -0.39 is 0 Å². The van der Waals surface area contributed by atoms with E-state index >= 15 is 0 Å². The number of hydrogen-bond donors (Lipinski definition) is 2. The maximum atomic E-state index is 11.9. The molecule has 0 unspecified atom stereocenters. The van der Waals surface area contributed by atoms with Gasteiger partial charge < -0.3 is 10.6 Å². The second-order valence-electron chi connectivity index (χ2n) is 4.46. The lowest BCUT2D eigenvalue weighted by Crippen LogP contribution is -2.27. The molecule has 2 N–H and O–H groups in total. The first-order chi connectivity index (χ1) is 8.77. The topological polar surface area (TPSA) is 54.0 Å².